The Morgan fingerprint density at radius 3 is 2.25 bits per heavy atom. The first-order valence-electron chi connectivity index (χ1n) is 4.81. The average Bonchev–Trinajstić information content (AvgIpc) is 1.97. The van der Waals surface area contributed by atoms with Crippen LogP contribution in [0.5, 0.6) is 0 Å². The summed E-state index contributed by atoms with van der Waals surface area (Å²) in [7, 11) is 0. The topological polar surface area (TPSA) is 0 Å². The molecule has 0 aromatic heterocycles. The van der Waals surface area contributed by atoms with Gasteiger partial charge < -0.3 is 0 Å². The quantitative estimate of drug-likeness (QED) is 0.540. The van der Waals surface area contributed by atoms with Crippen molar-refractivity contribution in [3.8, 4) is 0 Å². The Kier molecular flexibility index (Phi) is 4.34. The van der Waals surface area contributed by atoms with Gasteiger partial charge in [-0.1, -0.05) is 34.6 Å². The van der Waals surface area contributed by atoms with Gasteiger partial charge in [-0.3, -0.25) is 0 Å². The minimum atomic E-state index is 0.259. The Morgan fingerprint density at radius 1 is 1.42 bits per heavy atom. The Hall–Kier alpha value is -0.480. The second kappa shape index (κ2) is 4.52. The summed E-state index contributed by atoms with van der Waals surface area (Å²) in [6.45, 7) is 13.2. The highest BCUT2D eigenvalue weighted by molar-refractivity contribution is 5.04. The van der Waals surface area contributed by atoms with Crippen LogP contribution in [0.25, 0.3) is 0 Å². The van der Waals surface area contributed by atoms with Gasteiger partial charge in [0.15, 0.2) is 0 Å². The highest BCUT2D eigenvalue weighted by Crippen LogP contribution is 2.16. The van der Waals surface area contributed by atoms with Crippen LogP contribution in [0.4, 0.5) is 0 Å². The normalized spacial score (nSPS) is 13.5. The molecule has 0 nitrogen and oxygen atoms in total. The summed E-state index contributed by atoms with van der Waals surface area (Å²) in [5.74, 6) is 0.670. The van der Waals surface area contributed by atoms with Crippen molar-refractivity contribution < 1.29 is 0 Å². The molecule has 0 N–H and O–H groups in total. The molecule has 0 spiro atoms. The van der Waals surface area contributed by atoms with E-state index in [1.807, 2.05) is 0 Å². The van der Waals surface area contributed by atoms with E-state index in [1.54, 1.807) is 0 Å². The van der Waals surface area contributed by atoms with Gasteiger partial charge in [0.05, 0.1) is 0 Å². The fourth-order valence-corrected chi connectivity index (χ4v) is 0.779. The molecule has 0 fully saturated rings. The van der Waals surface area contributed by atoms with Crippen LogP contribution in [0.15, 0.2) is 17.4 Å². The van der Waals surface area contributed by atoms with Gasteiger partial charge in [0.25, 0.3) is 0 Å². The molecule has 0 heteroatoms. The van der Waals surface area contributed by atoms with Crippen LogP contribution in [0, 0.1) is 11.3 Å². The largest absolute Gasteiger partial charge is 0.126 e. The molecule has 0 aliphatic rings. The van der Waals surface area contributed by atoms with Crippen molar-refractivity contribution in [2.45, 2.75) is 48.0 Å². The lowest BCUT2D eigenvalue weighted by Gasteiger charge is -2.10. The third-order valence-corrected chi connectivity index (χ3v) is 2.08. The first-order valence-corrected chi connectivity index (χ1v) is 4.81. The van der Waals surface area contributed by atoms with Crippen molar-refractivity contribution in [2.75, 3.05) is 0 Å². The third kappa shape index (κ3) is 5.21. The van der Waals surface area contributed by atoms with Crippen LogP contribution in [0.1, 0.15) is 48.0 Å². The molecule has 0 bridgehead atoms. The summed E-state index contributed by atoms with van der Waals surface area (Å²) >= 11 is 0. The lowest BCUT2D eigenvalue weighted by Crippen LogP contribution is -1.98. The van der Waals surface area contributed by atoms with Crippen LogP contribution in [-0.2, 0) is 0 Å². The zero-order valence-corrected chi connectivity index (χ0v) is 9.36. The monoisotopic (exact) mass is 166 g/mol. The zero-order valence-electron chi connectivity index (χ0n) is 9.36. The minimum absolute atomic E-state index is 0.259. The van der Waals surface area contributed by atoms with Gasteiger partial charge in [-0.15, -0.1) is 5.73 Å². The van der Waals surface area contributed by atoms with Crippen molar-refractivity contribution >= 4 is 0 Å². The van der Waals surface area contributed by atoms with E-state index in [0.29, 0.717) is 5.92 Å². The first kappa shape index (κ1) is 11.5. The number of hydrogen-bond acceptors (Lipinski definition) is 0. The van der Waals surface area contributed by atoms with Crippen LogP contribution in [-0.4, -0.2) is 0 Å². The Labute approximate surface area is 77.4 Å². The fourth-order valence-electron chi connectivity index (χ4n) is 0.779. The van der Waals surface area contributed by atoms with E-state index < -0.39 is 0 Å². The van der Waals surface area contributed by atoms with Crippen molar-refractivity contribution in [2.24, 2.45) is 11.3 Å². The van der Waals surface area contributed by atoms with Crippen molar-refractivity contribution in [3.05, 3.63) is 17.4 Å². The number of allylic oxidation sites excluding steroid dienone is 1. The van der Waals surface area contributed by atoms with Crippen LogP contribution >= 0.6 is 0 Å². The molecule has 0 aromatic rings. The predicted molar refractivity (Wildman–Crippen MR) is 56.2 cm³/mol. The van der Waals surface area contributed by atoms with Gasteiger partial charge in [-0.05, 0) is 36.3 Å². The van der Waals surface area contributed by atoms with E-state index in [9.17, 15) is 0 Å². The van der Waals surface area contributed by atoms with Crippen molar-refractivity contribution in [1.29, 1.82) is 0 Å². The maximum absolute atomic E-state index is 3.36. The zero-order chi connectivity index (χ0) is 9.78. The highest BCUT2D eigenvalue weighted by atomic mass is 14.1. The Morgan fingerprint density at radius 2 is 1.92 bits per heavy atom. The molecule has 0 aliphatic heterocycles. The van der Waals surface area contributed by atoms with E-state index >= 15 is 0 Å². The van der Waals surface area contributed by atoms with E-state index in [2.05, 4.69) is 53.3 Å². The summed E-state index contributed by atoms with van der Waals surface area (Å²) in [4.78, 5) is 0. The van der Waals surface area contributed by atoms with Gasteiger partial charge in [-0.2, -0.15) is 0 Å². The Bertz CT molecular complexity index is 185. The Balaban J connectivity index is 4.45. The molecule has 0 amide bonds. The summed E-state index contributed by atoms with van der Waals surface area (Å²) in [6, 6.07) is 0. The number of hydrogen-bond donors (Lipinski definition) is 0. The molecular formula is C12H22. The molecule has 70 valence electrons. The van der Waals surface area contributed by atoms with E-state index in [1.165, 1.54) is 12.0 Å². The molecule has 0 saturated carbocycles. The molecule has 1 unspecified atom stereocenters. The first-order chi connectivity index (χ1) is 5.37. The molecule has 0 heterocycles. The van der Waals surface area contributed by atoms with E-state index in [0.717, 1.165) is 0 Å². The van der Waals surface area contributed by atoms with Gasteiger partial charge in [-0.25, -0.2) is 0 Å². The molecule has 0 saturated heterocycles. The minimum Gasteiger partial charge on any atom is -0.126 e. The second-order valence-electron chi connectivity index (χ2n) is 4.65. The average molecular weight is 166 g/mol. The van der Waals surface area contributed by atoms with E-state index in [4.69, 9.17) is 0 Å². The molecule has 0 aromatic carbocycles. The van der Waals surface area contributed by atoms with Crippen molar-refractivity contribution in [1.82, 2.24) is 0 Å². The van der Waals surface area contributed by atoms with Gasteiger partial charge in [0, 0.05) is 0 Å². The maximum Gasteiger partial charge on any atom is -0.0127 e. The van der Waals surface area contributed by atoms with E-state index in [-0.39, 0.29) is 5.41 Å². The van der Waals surface area contributed by atoms with Crippen LogP contribution in [0.2, 0.25) is 0 Å². The SMILES string of the molecule is CCC(C)C(C)=C=CC(C)(C)C. The molecule has 0 rings (SSSR count). The molecule has 1 atom stereocenters. The maximum atomic E-state index is 3.36. The fraction of sp³-hybridized carbons (Fsp3) is 0.750. The lowest BCUT2D eigenvalue weighted by molar-refractivity contribution is 0.543. The highest BCUT2D eigenvalue weighted by Gasteiger charge is 2.04. The summed E-state index contributed by atoms with van der Waals surface area (Å²) in [5.41, 5.74) is 4.99. The molecule has 0 aliphatic carbocycles. The summed E-state index contributed by atoms with van der Waals surface area (Å²) < 4.78 is 0. The number of rotatable bonds is 2. The van der Waals surface area contributed by atoms with Crippen LogP contribution in [0.3, 0.4) is 0 Å². The predicted octanol–water partition coefficient (Wildman–Crippen LogP) is 4.18. The standard InChI is InChI=1S/C12H22/c1-7-10(2)11(3)8-9-12(4,5)6/h9-10H,7H2,1-6H3. The second-order valence-corrected chi connectivity index (χ2v) is 4.65. The molecule has 0 radical (unpaired) electrons. The molecule has 12 heavy (non-hydrogen) atoms. The summed E-state index contributed by atoms with van der Waals surface area (Å²) in [6.07, 6.45) is 3.37. The van der Waals surface area contributed by atoms with Crippen molar-refractivity contribution in [3.63, 3.8) is 0 Å². The summed E-state index contributed by atoms with van der Waals surface area (Å²) in [5, 5.41) is 0. The third-order valence-electron chi connectivity index (χ3n) is 2.08. The van der Waals surface area contributed by atoms with Gasteiger partial charge in [0.1, 0.15) is 0 Å². The van der Waals surface area contributed by atoms with Gasteiger partial charge in [0.2, 0.25) is 0 Å². The van der Waals surface area contributed by atoms with Crippen LogP contribution < -0.4 is 0 Å². The molecular weight excluding hydrogens is 144 g/mol. The van der Waals surface area contributed by atoms with Gasteiger partial charge >= 0.3 is 0 Å². The smallest absolute Gasteiger partial charge is 0.0127 e. The lowest BCUT2D eigenvalue weighted by atomic mass is 9.95.